The van der Waals surface area contributed by atoms with Gasteiger partial charge < -0.3 is 4.74 Å². The number of halogens is 1. The van der Waals surface area contributed by atoms with E-state index in [9.17, 15) is 0 Å². The van der Waals surface area contributed by atoms with E-state index in [1.54, 1.807) is 7.11 Å². The summed E-state index contributed by atoms with van der Waals surface area (Å²) in [5, 5.41) is 0. The molecule has 2 aromatic carbocycles. The van der Waals surface area contributed by atoms with Gasteiger partial charge in [-0.1, -0.05) is 34.1 Å². The molecule has 0 fully saturated rings. The van der Waals surface area contributed by atoms with Crippen LogP contribution in [0.3, 0.4) is 0 Å². The highest BCUT2D eigenvalue weighted by atomic mass is 79.9. The summed E-state index contributed by atoms with van der Waals surface area (Å²) in [5.41, 5.74) is 5.09. The van der Waals surface area contributed by atoms with Crippen LogP contribution >= 0.6 is 15.9 Å². The largest absolute Gasteiger partial charge is 0.497 e. The van der Waals surface area contributed by atoms with Gasteiger partial charge in [0.05, 0.1) is 7.11 Å². The van der Waals surface area contributed by atoms with E-state index in [0.717, 1.165) is 10.2 Å². The number of hydrogen-bond acceptors (Lipinski definition) is 1. The summed E-state index contributed by atoms with van der Waals surface area (Å²) in [7, 11) is 1.68. The molecule has 0 saturated carbocycles. The molecule has 2 aromatic rings. The zero-order valence-corrected chi connectivity index (χ0v) is 11.8. The van der Waals surface area contributed by atoms with Gasteiger partial charge in [0.15, 0.2) is 0 Å². The lowest BCUT2D eigenvalue weighted by molar-refractivity contribution is 0.415. The smallest absolute Gasteiger partial charge is 0.118 e. The molecule has 0 aliphatic heterocycles. The number of methoxy groups -OCH3 is 1. The van der Waals surface area contributed by atoms with Crippen LogP contribution in [0.15, 0.2) is 40.9 Å². The molecule has 2 heteroatoms. The quantitative estimate of drug-likeness (QED) is 0.776. The van der Waals surface area contributed by atoms with Crippen molar-refractivity contribution in [2.75, 3.05) is 7.11 Å². The van der Waals surface area contributed by atoms with Gasteiger partial charge in [-0.2, -0.15) is 0 Å². The summed E-state index contributed by atoms with van der Waals surface area (Å²) in [4.78, 5) is 0. The van der Waals surface area contributed by atoms with Gasteiger partial charge in [-0.25, -0.2) is 0 Å². The number of rotatable bonds is 2. The van der Waals surface area contributed by atoms with Crippen molar-refractivity contribution in [1.82, 2.24) is 0 Å². The van der Waals surface area contributed by atoms with E-state index in [1.165, 1.54) is 22.3 Å². The predicted molar refractivity (Wildman–Crippen MR) is 75.6 cm³/mol. The lowest BCUT2D eigenvalue weighted by Gasteiger charge is -2.11. The Labute approximate surface area is 111 Å². The average molecular weight is 291 g/mol. The first-order valence-electron chi connectivity index (χ1n) is 5.53. The SMILES string of the molecule is COc1ccc(-c2ccc(Br)c(C)c2C)cc1. The van der Waals surface area contributed by atoms with Gasteiger partial charge >= 0.3 is 0 Å². The van der Waals surface area contributed by atoms with Crippen LogP contribution in [0.5, 0.6) is 5.75 Å². The first-order valence-corrected chi connectivity index (χ1v) is 6.33. The highest BCUT2D eigenvalue weighted by Gasteiger charge is 2.06. The van der Waals surface area contributed by atoms with E-state index in [1.807, 2.05) is 12.1 Å². The van der Waals surface area contributed by atoms with E-state index in [4.69, 9.17) is 4.74 Å². The lowest BCUT2D eigenvalue weighted by Crippen LogP contribution is -1.89. The van der Waals surface area contributed by atoms with E-state index in [2.05, 4.69) is 54.0 Å². The molecule has 0 unspecified atom stereocenters. The fourth-order valence-corrected chi connectivity index (χ4v) is 2.30. The van der Waals surface area contributed by atoms with Gasteiger partial charge in [0.2, 0.25) is 0 Å². The molecule has 0 N–H and O–H groups in total. The topological polar surface area (TPSA) is 9.23 Å². The van der Waals surface area contributed by atoms with Crippen molar-refractivity contribution in [2.24, 2.45) is 0 Å². The van der Waals surface area contributed by atoms with Crippen LogP contribution in [0.2, 0.25) is 0 Å². The Kier molecular flexibility index (Phi) is 3.53. The molecule has 1 nitrogen and oxygen atoms in total. The van der Waals surface area contributed by atoms with Crippen molar-refractivity contribution in [1.29, 1.82) is 0 Å². The first-order chi connectivity index (χ1) is 8.13. The Morgan fingerprint density at radius 1 is 0.882 bits per heavy atom. The Morgan fingerprint density at radius 3 is 2.12 bits per heavy atom. The van der Waals surface area contributed by atoms with Gasteiger partial charge in [0.1, 0.15) is 5.75 Å². The predicted octanol–water partition coefficient (Wildman–Crippen LogP) is 4.74. The van der Waals surface area contributed by atoms with E-state index >= 15 is 0 Å². The summed E-state index contributed by atoms with van der Waals surface area (Å²) in [6.07, 6.45) is 0. The van der Waals surface area contributed by atoms with Crippen molar-refractivity contribution in [3.05, 3.63) is 52.0 Å². The number of benzene rings is 2. The minimum Gasteiger partial charge on any atom is -0.497 e. The van der Waals surface area contributed by atoms with E-state index < -0.39 is 0 Å². The molecule has 0 saturated heterocycles. The Morgan fingerprint density at radius 2 is 1.53 bits per heavy atom. The molecule has 0 heterocycles. The van der Waals surface area contributed by atoms with Gasteiger partial charge in [-0.15, -0.1) is 0 Å². The van der Waals surface area contributed by atoms with Crippen molar-refractivity contribution in [2.45, 2.75) is 13.8 Å². The summed E-state index contributed by atoms with van der Waals surface area (Å²) in [5.74, 6) is 0.889. The highest BCUT2D eigenvalue weighted by molar-refractivity contribution is 9.10. The molecule has 0 spiro atoms. The molecule has 0 aromatic heterocycles. The average Bonchev–Trinajstić information content (AvgIpc) is 2.36. The van der Waals surface area contributed by atoms with Crippen LogP contribution in [0, 0.1) is 13.8 Å². The summed E-state index contributed by atoms with van der Waals surface area (Å²) >= 11 is 3.56. The second kappa shape index (κ2) is 4.92. The second-order valence-corrected chi connectivity index (χ2v) is 4.93. The van der Waals surface area contributed by atoms with Gasteiger partial charge in [-0.05, 0) is 54.3 Å². The van der Waals surface area contributed by atoms with Crippen LogP contribution in [0.4, 0.5) is 0 Å². The normalized spacial score (nSPS) is 10.4. The Bertz CT molecular complexity index is 529. The van der Waals surface area contributed by atoms with Crippen LogP contribution < -0.4 is 4.74 Å². The Balaban J connectivity index is 2.49. The van der Waals surface area contributed by atoms with Crippen molar-refractivity contribution >= 4 is 15.9 Å². The summed E-state index contributed by atoms with van der Waals surface area (Å²) < 4.78 is 6.33. The van der Waals surface area contributed by atoms with Gasteiger partial charge in [0, 0.05) is 4.47 Å². The standard InChI is InChI=1S/C15H15BrO/c1-10-11(2)15(16)9-8-14(10)12-4-6-13(17-3)7-5-12/h4-9H,1-3H3. The number of ether oxygens (including phenoxy) is 1. The highest BCUT2D eigenvalue weighted by Crippen LogP contribution is 2.30. The van der Waals surface area contributed by atoms with Crippen molar-refractivity contribution < 1.29 is 4.74 Å². The third-order valence-corrected chi connectivity index (χ3v) is 3.98. The first kappa shape index (κ1) is 12.2. The minimum atomic E-state index is 0.889. The number of hydrogen-bond donors (Lipinski definition) is 0. The zero-order valence-electron chi connectivity index (χ0n) is 10.3. The van der Waals surface area contributed by atoms with Crippen molar-refractivity contribution in [3.63, 3.8) is 0 Å². The summed E-state index contributed by atoms with van der Waals surface area (Å²) in [6, 6.07) is 12.4. The molecule has 0 aliphatic carbocycles. The lowest BCUT2D eigenvalue weighted by atomic mass is 9.97. The van der Waals surface area contributed by atoms with Gasteiger partial charge in [-0.3, -0.25) is 0 Å². The van der Waals surface area contributed by atoms with Crippen LogP contribution in [0.25, 0.3) is 11.1 Å². The molecule has 0 atom stereocenters. The molecule has 2 rings (SSSR count). The third-order valence-electron chi connectivity index (χ3n) is 3.12. The zero-order chi connectivity index (χ0) is 12.4. The molecule has 0 bridgehead atoms. The summed E-state index contributed by atoms with van der Waals surface area (Å²) in [6.45, 7) is 4.28. The fraction of sp³-hybridized carbons (Fsp3) is 0.200. The fourth-order valence-electron chi connectivity index (χ4n) is 1.87. The van der Waals surface area contributed by atoms with Crippen LogP contribution in [0.1, 0.15) is 11.1 Å². The molecule has 0 radical (unpaired) electrons. The molecular weight excluding hydrogens is 276 g/mol. The monoisotopic (exact) mass is 290 g/mol. The third kappa shape index (κ3) is 2.37. The second-order valence-electron chi connectivity index (χ2n) is 4.07. The maximum atomic E-state index is 5.17. The Hall–Kier alpha value is -1.28. The molecular formula is C15H15BrO. The molecule has 17 heavy (non-hydrogen) atoms. The maximum absolute atomic E-state index is 5.17. The maximum Gasteiger partial charge on any atom is 0.118 e. The molecule has 88 valence electrons. The molecule has 0 amide bonds. The van der Waals surface area contributed by atoms with E-state index in [-0.39, 0.29) is 0 Å². The van der Waals surface area contributed by atoms with E-state index in [0.29, 0.717) is 0 Å². The minimum absolute atomic E-state index is 0.889. The molecule has 0 aliphatic rings. The van der Waals surface area contributed by atoms with Crippen LogP contribution in [-0.4, -0.2) is 7.11 Å². The van der Waals surface area contributed by atoms with Crippen molar-refractivity contribution in [3.8, 4) is 16.9 Å². The van der Waals surface area contributed by atoms with Crippen LogP contribution in [-0.2, 0) is 0 Å². The van der Waals surface area contributed by atoms with Gasteiger partial charge in [0.25, 0.3) is 0 Å².